The van der Waals surface area contributed by atoms with E-state index in [9.17, 15) is 0 Å². The lowest BCUT2D eigenvalue weighted by Crippen LogP contribution is -2.35. The van der Waals surface area contributed by atoms with E-state index in [1.165, 1.54) is 25.1 Å². The lowest BCUT2D eigenvalue weighted by Gasteiger charge is -2.26. The number of nitrogens with one attached hydrogen (secondary N) is 1. The highest BCUT2D eigenvalue weighted by molar-refractivity contribution is 5.18. The van der Waals surface area contributed by atoms with Crippen molar-refractivity contribution in [3.05, 3.63) is 35.9 Å². The van der Waals surface area contributed by atoms with Crippen LogP contribution in [0.4, 0.5) is 0 Å². The molecule has 1 saturated heterocycles. The zero-order valence-corrected chi connectivity index (χ0v) is 11.9. The van der Waals surface area contributed by atoms with Crippen LogP contribution in [0.1, 0.15) is 38.8 Å². The largest absolute Gasteiger partial charge is 0.314 e. The fourth-order valence-electron chi connectivity index (χ4n) is 3.01. The summed E-state index contributed by atoms with van der Waals surface area (Å²) in [5.74, 6) is 0.802. The van der Waals surface area contributed by atoms with E-state index in [2.05, 4.69) is 61.3 Å². The van der Waals surface area contributed by atoms with Gasteiger partial charge in [-0.05, 0) is 44.8 Å². The molecule has 0 amide bonds. The number of likely N-dealkylation sites (tertiary alicyclic amines) is 1. The molecule has 0 saturated carbocycles. The van der Waals surface area contributed by atoms with Crippen LogP contribution in [0.25, 0.3) is 0 Å². The molecule has 1 aliphatic heterocycles. The molecule has 1 heterocycles. The average molecular weight is 246 g/mol. The van der Waals surface area contributed by atoms with E-state index in [4.69, 9.17) is 0 Å². The van der Waals surface area contributed by atoms with Crippen molar-refractivity contribution in [2.45, 2.75) is 39.3 Å². The van der Waals surface area contributed by atoms with E-state index < -0.39 is 0 Å². The van der Waals surface area contributed by atoms with E-state index >= 15 is 0 Å². The molecule has 2 rings (SSSR count). The first-order chi connectivity index (χ1) is 8.72. The van der Waals surface area contributed by atoms with Crippen molar-refractivity contribution >= 4 is 0 Å². The highest BCUT2D eigenvalue weighted by atomic mass is 15.2. The Morgan fingerprint density at radius 1 is 1.28 bits per heavy atom. The van der Waals surface area contributed by atoms with Crippen LogP contribution in [-0.2, 0) is 0 Å². The maximum Gasteiger partial charge on any atom is 0.0320 e. The summed E-state index contributed by atoms with van der Waals surface area (Å²) in [6, 6.07) is 12.0. The summed E-state index contributed by atoms with van der Waals surface area (Å²) in [6.45, 7) is 10.4. The summed E-state index contributed by atoms with van der Waals surface area (Å²) >= 11 is 0. The Labute approximate surface area is 111 Å². The van der Waals surface area contributed by atoms with Gasteiger partial charge in [0.05, 0.1) is 0 Å². The van der Waals surface area contributed by atoms with Crippen LogP contribution in [-0.4, -0.2) is 30.6 Å². The molecule has 0 radical (unpaired) electrons. The van der Waals surface area contributed by atoms with Crippen molar-refractivity contribution in [2.24, 2.45) is 5.92 Å². The first-order valence-corrected chi connectivity index (χ1v) is 7.24. The number of benzene rings is 1. The Kier molecular flexibility index (Phi) is 4.79. The summed E-state index contributed by atoms with van der Waals surface area (Å²) in [5.41, 5.74) is 1.44. The van der Waals surface area contributed by atoms with E-state index in [0.29, 0.717) is 12.1 Å². The fraction of sp³-hybridized carbons (Fsp3) is 0.625. The number of hydrogen-bond acceptors (Lipinski definition) is 2. The zero-order valence-electron chi connectivity index (χ0n) is 11.9. The monoisotopic (exact) mass is 246 g/mol. The standard InChI is InChI=1S/C16H26N2/c1-4-17-13(2)16-10-11-18(12-16)14(3)15-8-6-5-7-9-15/h5-9,13-14,16-17H,4,10-12H2,1-3H3/t13-,14-,16+/m1/s1. The van der Waals surface area contributed by atoms with E-state index in [1.54, 1.807) is 0 Å². The molecule has 0 aliphatic carbocycles. The summed E-state index contributed by atoms with van der Waals surface area (Å²) in [5, 5.41) is 3.56. The van der Waals surface area contributed by atoms with Crippen molar-refractivity contribution in [1.29, 1.82) is 0 Å². The molecule has 1 N–H and O–H groups in total. The van der Waals surface area contributed by atoms with Gasteiger partial charge in [0.25, 0.3) is 0 Å². The molecule has 100 valence electrons. The van der Waals surface area contributed by atoms with Crippen LogP contribution in [0.15, 0.2) is 30.3 Å². The van der Waals surface area contributed by atoms with Gasteiger partial charge in [-0.3, -0.25) is 4.90 Å². The highest BCUT2D eigenvalue weighted by Crippen LogP contribution is 2.28. The summed E-state index contributed by atoms with van der Waals surface area (Å²) in [7, 11) is 0. The van der Waals surface area contributed by atoms with Gasteiger partial charge in [0.15, 0.2) is 0 Å². The highest BCUT2D eigenvalue weighted by Gasteiger charge is 2.29. The average Bonchev–Trinajstić information content (AvgIpc) is 2.89. The van der Waals surface area contributed by atoms with Gasteiger partial charge in [0, 0.05) is 18.6 Å². The van der Waals surface area contributed by atoms with Gasteiger partial charge in [-0.2, -0.15) is 0 Å². The molecule has 1 aliphatic rings. The van der Waals surface area contributed by atoms with Gasteiger partial charge >= 0.3 is 0 Å². The predicted molar refractivity (Wildman–Crippen MR) is 77.7 cm³/mol. The molecule has 0 aromatic heterocycles. The lowest BCUT2D eigenvalue weighted by molar-refractivity contribution is 0.243. The fourth-order valence-corrected chi connectivity index (χ4v) is 3.01. The van der Waals surface area contributed by atoms with Crippen LogP contribution in [0, 0.1) is 5.92 Å². The van der Waals surface area contributed by atoms with Crippen LogP contribution in [0.2, 0.25) is 0 Å². The van der Waals surface area contributed by atoms with Crippen molar-refractivity contribution < 1.29 is 0 Å². The number of rotatable bonds is 5. The molecule has 2 heteroatoms. The molecule has 18 heavy (non-hydrogen) atoms. The van der Waals surface area contributed by atoms with Gasteiger partial charge in [-0.15, -0.1) is 0 Å². The Hall–Kier alpha value is -0.860. The van der Waals surface area contributed by atoms with Gasteiger partial charge < -0.3 is 5.32 Å². The van der Waals surface area contributed by atoms with E-state index in [-0.39, 0.29) is 0 Å². The summed E-state index contributed by atoms with van der Waals surface area (Å²) < 4.78 is 0. The minimum Gasteiger partial charge on any atom is -0.314 e. The second-order valence-electron chi connectivity index (χ2n) is 5.48. The van der Waals surface area contributed by atoms with Gasteiger partial charge in [-0.1, -0.05) is 37.3 Å². The smallest absolute Gasteiger partial charge is 0.0320 e. The minimum atomic E-state index is 0.546. The molecule has 0 spiro atoms. The maximum atomic E-state index is 3.56. The van der Waals surface area contributed by atoms with E-state index in [0.717, 1.165) is 12.5 Å². The van der Waals surface area contributed by atoms with E-state index in [1.807, 2.05) is 0 Å². The Morgan fingerprint density at radius 2 is 2.00 bits per heavy atom. The van der Waals surface area contributed by atoms with Crippen LogP contribution in [0.3, 0.4) is 0 Å². The molecular formula is C16H26N2. The van der Waals surface area contributed by atoms with Crippen LogP contribution in [0.5, 0.6) is 0 Å². The lowest BCUT2D eigenvalue weighted by atomic mass is 10.0. The van der Waals surface area contributed by atoms with Crippen molar-refractivity contribution in [1.82, 2.24) is 10.2 Å². The molecule has 0 unspecified atom stereocenters. The quantitative estimate of drug-likeness (QED) is 0.859. The van der Waals surface area contributed by atoms with Gasteiger partial charge in [0.1, 0.15) is 0 Å². The normalized spacial score (nSPS) is 24.1. The van der Waals surface area contributed by atoms with Gasteiger partial charge in [0.2, 0.25) is 0 Å². The van der Waals surface area contributed by atoms with Crippen molar-refractivity contribution in [3.63, 3.8) is 0 Å². The maximum absolute atomic E-state index is 3.56. The molecule has 0 bridgehead atoms. The summed E-state index contributed by atoms with van der Waals surface area (Å²) in [6.07, 6.45) is 1.32. The Bertz CT molecular complexity index is 349. The Balaban J connectivity index is 1.92. The zero-order chi connectivity index (χ0) is 13.0. The van der Waals surface area contributed by atoms with Crippen LogP contribution < -0.4 is 5.32 Å². The number of nitrogens with zero attached hydrogens (tertiary/aromatic N) is 1. The SMILES string of the molecule is CCN[C@H](C)[C@H]1CCN([C@H](C)c2ccccc2)C1. The topological polar surface area (TPSA) is 15.3 Å². The first-order valence-electron chi connectivity index (χ1n) is 7.24. The number of hydrogen-bond donors (Lipinski definition) is 1. The molecule has 1 fully saturated rings. The molecule has 2 nitrogen and oxygen atoms in total. The summed E-state index contributed by atoms with van der Waals surface area (Å²) in [4.78, 5) is 2.62. The molecule has 1 aromatic rings. The molecule has 3 atom stereocenters. The minimum absolute atomic E-state index is 0.546. The molecule has 1 aromatic carbocycles. The third-order valence-electron chi connectivity index (χ3n) is 4.32. The third-order valence-corrected chi connectivity index (χ3v) is 4.32. The van der Waals surface area contributed by atoms with Crippen molar-refractivity contribution in [3.8, 4) is 0 Å². The molecular weight excluding hydrogens is 220 g/mol. The van der Waals surface area contributed by atoms with Gasteiger partial charge in [-0.25, -0.2) is 0 Å². The second-order valence-corrected chi connectivity index (χ2v) is 5.48. The first kappa shape index (κ1) is 13.6. The Morgan fingerprint density at radius 3 is 2.67 bits per heavy atom. The van der Waals surface area contributed by atoms with Crippen LogP contribution >= 0.6 is 0 Å². The van der Waals surface area contributed by atoms with Crippen molar-refractivity contribution in [2.75, 3.05) is 19.6 Å². The predicted octanol–water partition coefficient (Wildman–Crippen LogP) is 3.07. The second kappa shape index (κ2) is 6.35. The third kappa shape index (κ3) is 3.12.